The lowest BCUT2D eigenvalue weighted by molar-refractivity contribution is -0.137. The predicted octanol–water partition coefficient (Wildman–Crippen LogP) is 2.69. The number of nitrogens with one attached hydrogen (secondary N) is 1. The minimum Gasteiger partial charge on any atom is -0.482 e. The maximum Gasteiger partial charge on any atom is 0.303 e. The molecule has 0 spiro atoms. The van der Waals surface area contributed by atoms with Crippen molar-refractivity contribution in [2.45, 2.75) is 18.9 Å². The molecule has 21 heavy (non-hydrogen) atoms. The molecule has 0 aromatic heterocycles. The van der Waals surface area contributed by atoms with E-state index >= 15 is 0 Å². The van der Waals surface area contributed by atoms with Crippen LogP contribution < -0.4 is 10.1 Å². The maximum absolute atomic E-state index is 12.7. The highest BCUT2D eigenvalue weighted by Crippen LogP contribution is 2.27. The number of ether oxygens (including phenoxy) is 1. The fourth-order valence-corrected chi connectivity index (χ4v) is 1.95. The van der Waals surface area contributed by atoms with Crippen molar-refractivity contribution in [3.05, 3.63) is 28.2 Å². The van der Waals surface area contributed by atoms with E-state index in [1.165, 1.54) is 12.1 Å². The molecule has 0 radical (unpaired) electrons. The molecule has 2 N–H and O–H groups in total. The van der Waals surface area contributed by atoms with E-state index in [1.807, 2.05) is 0 Å². The van der Waals surface area contributed by atoms with Gasteiger partial charge in [0.2, 0.25) is 0 Å². The second kappa shape index (κ2) is 8.69. The molecule has 1 atom stereocenters. The summed E-state index contributed by atoms with van der Waals surface area (Å²) in [6.45, 7) is -1.20. The van der Waals surface area contributed by atoms with E-state index in [2.05, 4.69) is 5.32 Å². The number of halogens is 3. The Labute approximate surface area is 131 Å². The first-order valence-corrected chi connectivity index (χ1v) is 6.83. The fourth-order valence-electron chi connectivity index (χ4n) is 1.49. The van der Waals surface area contributed by atoms with E-state index in [0.717, 1.165) is 0 Å². The third kappa shape index (κ3) is 6.64. The first kappa shape index (κ1) is 17.5. The van der Waals surface area contributed by atoms with Crippen LogP contribution in [-0.4, -0.2) is 36.3 Å². The first-order chi connectivity index (χ1) is 9.92. The predicted molar refractivity (Wildman–Crippen MR) is 76.7 cm³/mol. The second-order valence-electron chi connectivity index (χ2n) is 4.21. The summed E-state index contributed by atoms with van der Waals surface area (Å²) in [5.41, 5.74) is 0. The molecule has 0 saturated heterocycles. The number of carboxylic acids is 1. The Morgan fingerprint density at radius 2 is 2.10 bits per heavy atom. The highest BCUT2D eigenvalue weighted by atomic mass is 35.5. The van der Waals surface area contributed by atoms with Crippen LogP contribution >= 0.6 is 23.2 Å². The van der Waals surface area contributed by atoms with E-state index in [4.69, 9.17) is 33.0 Å². The van der Waals surface area contributed by atoms with Gasteiger partial charge < -0.3 is 15.2 Å². The van der Waals surface area contributed by atoms with Crippen LogP contribution in [0.5, 0.6) is 5.75 Å². The Morgan fingerprint density at radius 1 is 1.38 bits per heavy atom. The maximum atomic E-state index is 12.7. The fraction of sp³-hybridized carbons (Fsp3) is 0.385. The second-order valence-corrected chi connectivity index (χ2v) is 5.06. The standard InChI is InChI=1S/C13H14Cl2FNO4/c14-8-1-3-11(10(15)5-8)21-7-12(18)17-9(6-16)2-4-13(19)20/h1,3,5,9H,2,4,6-7H2,(H,17,18)(H,19,20). The van der Waals surface area contributed by atoms with Crippen LogP contribution in [0.25, 0.3) is 0 Å². The van der Waals surface area contributed by atoms with Gasteiger partial charge in [-0.05, 0) is 24.6 Å². The van der Waals surface area contributed by atoms with Crippen molar-refractivity contribution < 1.29 is 23.8 Å². The zero-order valence-electron chi connectivity index (χ0n) is 10.9. The highest BCUT2D eigenvalue weighted by Gasteiger charge is 2.14. The minimum absolute atomic E-state index is 0.0132. The van der Waals surface area contributed by atoms with Gasteiger partial charge in [-0.3, -0.25) is 9.59 Å². The molecule has 1 aromatic rings. The quantitative estimate of drug-likeness (QED) is 0.764. The normalized spacial score (nSPS) is 11.8. The summed E-state index contributed by atoms with van der Waals surface area (Å²) in [7, 11) is 0. The summed E-state index contributed by atoms with van der Waals surface area (Å²) >= 11 is 11.6. The number of carboxylic acid groups (broad SMARTS) is 1. The van der Waals surface area contributed by atoms with Gasteiger partial charge in [0, 0.05) is 11.4 Å². The molecule has 8 heteroatoms. The zero-order chi connectivity index (χ0) is 15.8. The summed E-state index contributed by atoms with van der Waals surface area (Å²) in [6, 6.07) is 3.68. The number of alkyl halides is 1. The molecule has 0 aliphatic rings. The number of rotatable bonds is 8. The van der Waals surface area contributed by atoms with Gasteiger partial charge >= 0.3 is 5.97 Å². The lowest BCUT2D eigenvalue weighted by atomic mass is 10.2. The molecular weight excluding hydrogens is 324 g/mol. The summed E-state index contributed by atoms with van der Waals surface area (Å²) < 4.78 is 17.8. The third-order valence-corrected chi connectivity index (χ3v) is 3.04. The Hall–Kier alpha value is -1.53. The van der Waals surface area contributed by atoms with Crippen molar-refractivity contribution in [1.29, 1.82) is 0 Å². The van der Waals surface area contributed by atoms with Crippen molar-refractivity contribution >= 4 is 35.1 Å². The Morgan fingerprint density at radius 3 is 2.67 bits per heavy atom. The first-order valence-electron chi connectivity index (χ1n) is 6.07. The Kier molecular flexibility index (Phi) is 7.25. The molecule has 0 heterocycles. The summed E-state index contributed by atoms with van der Waals surface area (Å²) in [4.78, 5) is 22.0. The van der Waals surface area contributed by atoms with Crippen molar-refractivity contribution in [3.8, 4) is 5.75 Å². The molecule has 116 valence electrons. The highest BCUT2D eigenvalue weighted by molar-refractivity contribution is 6.35. The van der Waals surface area contributed by atoms with Crippen molar-refractivity contribution in [1.82, 2.24) is 5.32 Å². The van der Waals surface area contributed by atoms with E-state index in [9.17, 15) is 14.0 Å². The SMILES string of the molecule is O=C(O)CCC(CF)NC(=O)COc1ccc(Cl)cc1Cl. The van der Waals surface area contributed by atoms with Crippen molar-refractivity contribution in [3.63, 3.8) is 0 Å². The van der Waals surface area contributed by atoms with E-state index in [0.29, 0.717) is 5.02 Å². The Bertz CT molecular complexity index is 513. The van der Waals surface area contributed by atoms with Gasteiger partial charge in [0.1, 0.15) is 12.4 Å². The summed E-state index contributed by atoms with van der Waals surface area (Å²) in [5.74, 6) is -1.33. The topological polar surface area (TPSA) is 75.6 Å². The molecule has 1 amide bonds. The average molecular weight is 338 g/mol. The zero-order valence-corrected chi connectivity index (χ0v) is 12.5. The van der Waals surface area contributed by atoms with Gasteiger partial charge in [0.15, 0.2) is 6.61 Å². The number of amides is 1. The van der Waals surface area contributed by atoms with E-state index in [-0.39, 0.29) is 30.2 Å². The average Bonchev–Trinajstić information content (AvgIpc) is 2.42. The van der Waals surface area contributed by atoms with Gasteiger partial charge in [-0.2, -0.15) is 0 Å². The molecular formula is C13H14Cl2FNO4. The third-order valence-electron chi connectivity index (χ3n) is 2.51. The number of carbonyl (C=O) groups excluding carboxylic acids is 1. The minimum atomic E-state index is -1.05. The van der Waals surface area contributed by atoms with Crippen molar-refractivity contribution in [2.75, 3.05) is 13.3 Å². The van der Waals surface area contributed by atoms with Gasteiger partial charge in [-0.15, -0.1) is 0 Å². The molecule has 1 aromatic carbocycles. The van der Waals surface area contributed by atoms with Gasteiger partial charge in [0.05, 0.1) is 11.1 Å². The lowest BCUT2D eigenvalue weighted by Gasteiger charge is -2.15. The smallest absolute Gasteiger partial charge is 0.303 e. The van der Waals surface area contributed by atoms with E-state index in [1.54, 1.807) is 6.07 Å². The van der Waals surface area contributed by atoms with Crippen LogP contribution in [0.3, 0.4) is 0 Å². The van der Waals surface area contributed by atoms with Crippen LogP contribution in [0.4, 0.5) is 4.39 Å². The van der Waals surface area contributed by atoms with Gasteiger partial charge in [0.25, 0.3) is 5.91 Å². The molecule has 1 rings (SSSR count). The number of hydrogen-bond acceptors (Lipinski definition) is 3. The van der Waals surface area contributed by atoms with E-state index < -0.39 is 24.6 Å². The number of carbonyl (C=O) groups is 2. The number of benzene rings is 1. The van der Waals surface area contributed by atoms with Gasteiger partial charge in [-0.1, -0.05) is 23.2 Å². The van der Waals surface area contributed by atoms with Crippen LogP contribution in [0.2, 0.25) is 10.0 Å². The molecule has 0 aliphatic carbocycles. The largest absolute Gasteiger partial charge is 0.482 e. The van der Waals surface area contributed by atoms with Crippen LogP contribution in [0.15, 0.2) is 18.2 Å². The van der Waals surface area contributed by atoms with Crippen LogP contribution in [0, 0.1) is 0 Å². The summed E-state index contributed by atoms with van der Waals surface area (Å²) in [6.07, 6.45) is -0.210. The molecule has 0 aliphatic heterocycles. The monoisotopic (exact) mass is 337 g/mol. The van der Waals surface area contributed by atoms with Crippen molar-refractivity contribution in [2.24, 2.45) is 0 Å². The molecule has 0 fully saturated rings. The Balaban J connectivity index is 2.43. The van der Waals surface area contributed by atoms with Crippen LogP contribution in [-0.2, 0) is 9.59 Å². The molecule has 0 saturated carbocycles. The molecule has 1 unspecified atom stereocenters. The lowest BCUT2D eigenvalue weighted by Crippen LogP contribution is -2.39. The number of aliphatic carboxylic acids is 1. The number of hydrogen-bond donors (Lipinski definition) is 2. The molecule has 5 nitrogen and oxygen atoms in total. The molecule has 0 bridgehead atoms. The van der Waals surface area contributed by atoms with Gasteiger partial charge in [-0.25, -0.2) is 4.39 Å². The summed E-state index contributed by atoms with van der Waals surface area (Å²) in [5, 5.41) is 11.5. The van der Waals surface area contributed by atoms with Crippen LogP contribution in [0.1, 0.15) is 12.8 Å².